The van der Waals surface area contributed by atoms with Gasteiger partial charge in [-0.25, -0.2) is 4.39 Å². The zero-order chi connectivity index (χ0) is 13.6. The SMILES string of the molecule is CCOP(=O)(OCC)C(F)c1ccc(OC)cc1. The quantitative estimate of drug-likeness (QED) is 0.708. The molecule has 0 saturated heterocycles. The first kappa shape index (κ1) is 15.2. The Morgan fingerprint density at radius 2 is 1.67 bits per heavy atom. The third kappa shape index (κ3) is 3.55. The highest BCUT2D eigenvalue weighted by Gasteiger charge is 2.37. The summed E-state index contributed by atoms with van der Waals surface area (Å²) in [6, 6.07) is 6.22. The van der Waals surface area contributed by atoms with E-state index in [2.05, 4.69) is 0 Å². The average molecular weight is 276 g/mol. The van der Waals surface area contributed by atoms with Crippen LogP contribution in [0.2, 0.25) is 0 Å². The van der Waals surface area contributed by atoms with Gasteiger partial charge in [0.25, 0.3) is 0 Å². The average Bonchev–Trinajstić information content (AvgIpc) is 2.38. The molecule has 1 atom stereocenters. The molecule has 6 heteroatoms. The van der Waals surface area contributed by atoms with Crippen molar-refractivity contribution in [2.45, 2.75) is 19.8 Å². The summed E-state index contributed by atoms with van der Waals surface area (Å²) in [6.07, 6.45) is 0. The summed E-state index contributed by atoms with van der Waals surface area (Å²) in [5.74, 6) is -1.18. The van der Waals surface area contributed by atoms with Gasteiger partial charge in [0.15, 0.2) is 0 Å². The Morgan fingerprint density at radius 1 is 1.17 bits per heavy atom. The third-order valence-electron chi connectivity index (χ3n) is 2.29. The molecule has 1 aromatic carbocycles. The number of ether oxygens (including phenoxy) is 1. The largest absolute Gasteiger partial charge is 0.497 e. The van der Waals surface area contributed by atoms with Gasteiger partial charge in [-0.1, -0.05) is 12.1 Å². The fourth-order valence-corrected chi connectivity index (χ4v) is 3.07. The molecule has 4 nitrogen and oxygen atoms in total. The van der Waals surface area contributed by atoms with Crippen LogP contribution in [-0.2, 0) is 13.6 Å². The second-order valence-electron chi connectivity index (χ2n) is 3.48. The van der Waals surface area contributed by atoms with E-state index in [1.807, 2.05) is 0 Å². The van der Waals surface area contributed by atoms with E-state index < -0.39 is 13.5 Å². The minimum atomic E-state index is -3.76. The van der Waals surface area contributed by atoms with E-state index in [0.717, 1.165) is 0 Å². The molecule has 0 aromatic heterocycles. The molecule has 0 spiro atoms. The highest BCUT2D eigenvalue weighted by molar-refractivity contribution is 7.54. The minimum Gasteiger partial charge on any atom is -0.497 e. The maximum atomic E-state index is 14.2. The number of alkyl halides is 1. The van der Waals surface area contributed by atoms with E-state index >= 15 is 0 Å². The summed E-state index contributed by atoms with van der Waals surface area (Å²) in [4.78, 5) is 0. The fourth-order valence-electron chi connectivity index (χ4n) is 1.47. The molecule has 0 amide bonds. The van der Waals surface area contributed by atoms with E-state index in [-0.39, 0.29) is 18.8 Å². The van der Waals surface area contributed by atoms with Gasteiger partial charge >= 0.3 is 7.60 Å². The Balaban J connectivity index is 2.94. The van der Waals surface area contributed by atoms with Crippen LogP contribution in [0.25, 0.3) is 0 Å². The predicted octanol–water partition coefficient (Wildman–Crippen LogP) is 3.93. The highest BCUT2D eigenvalue weighted by atomic mass is 31.2. The highest BCUT2D eigenvalue weighted by Crippen LogP contribution is 2.61. The van der Waals surface area contributed by atoms with Gasteiger partial charge in [-0.15, -0.1) is 0 Å². The number of hydrogen-bond donors (Lipinski definition) is 0. The van der Waals surface area contributed by atoms with Crippen molar-refractivity contribution in [1.29, 1.82) is 0 Å². The van der Waals surface area contributed by atoms with Crippen molar-refractivity contribution in [3.8, 4) is 5.75 Å². The molecule has 0 radical (unpaired) electrons. The van der Waals surface area contributed by atoms with Gasteiger partial charge in [0.1, 0.15) is 5.75 Å². The second kappa shape index (κ2) is 6.88. The van der Waals surface area contributed by atoms with E-state index in [4.69, 9.17) is 13.8 Å². The van der Waals surface area contributed by atoms with Crippen LogP contribution < -0.4 is 4.74 Å². The summed E-state index contributed by atoms with van der Waals surface area (Å²) in [6.45, 7) is 3.56. The predicted molar refractivity (Wildman–Crippen MR) is 67.7 cm³/mol. The van der Waals surface area contributed by atoms with Gasteiger partial charge < -0.3 is 13.8 Å². The summed E-state index contributed by atoms with van der Waals surface area (Å²) >= 11 is 0. The topological polar surface area (TPSA) is 44.8 Å². The van der Waals surface area contributed by atoms with Crippen molar-refractivity contribution >= 4 is 7.60 Å². The molecular formula is C12H18FO4P. The van der Waals surface area contributed by atoms with Crippen molar-refractivity contribution in [2.75, 3.05) is 20.3 Å². The van der Waals surface area contributed by atoms with Crippen LogP contribution in [0.15, 0.2) is 24.3 Å². The molecule has 1 unspecified atom stereocenters. The van der Waals surface area contributed by atoms with Crippen molar-refractivity contribution in [3.63, 3.8) is 0 Å². The van der Waals surface area contributed by atoms with Crippen LogP contribution in [0.4, 0.5) is 4.39 Å². The lowest BCUT2D eigenvalue weighted by Crippen LogP contribution is -2.02. The number of benzene rings is 1. The van der Waals surface area contributed by atoms with E-state index in [1.54, 1.807) is 26.0 Å². The molecule has 0 aliphatic carbocycles. The Hall–Kier alpha value is -0.900. The molecule has 18 heavy (non-hydrogen) atoms. The van der Waals surface area contributed by atoms with Crippen LogP contribution in [-0.4, -0.2) is 20.3 Å². The summed E-state index contributed by atoms with van der Waals surface area (Å²) in [5, 5.41) is 0. The van der Waals surface area contributed by atoms with Crippen LogP contribution >= 0.6 is 7.60 Å². The Bertz CT molecular complexity index is 397. The molecule has 0 aliphatic heterocycles. The zero-order valence-electron chi connectivity index (χ0n) is 10.8. The van der Waals surface area contributed by atoms with Crippen LogP contribution in [0.3, 0.4) is 0 Å². The van der Waals surface area contributed by atoms with Gasteiger partial charge in [0.2, 0.25) is 5.91 Å². The first-order valence-electron chi connectivity index (χ1n) is 5.74. The third-order valence-corrected chi connectivity index (χ3v) is 4.38. The van der Waals surface area contributed by atoms with Gasteiger partial charge in [0, 0.05) is 0 Å². The van der Waals surface area contributed by atoms with Gasteiger partial charge in [-0.05, 0) is 31.5 Å². The normalized spacial score (nSPS) is 13.3. The van der Waals surface area contributed by atoms with Crippen molar-refractivity contribution in [1.82, 2.24) is 0 Å². The standard InChI is InChI=1S/C12H18FO4P/c1-4-16-18(14,17-5-2)12(13)10-6-8-11(15-3)9-7-10/h6-9,12H,4-5H2,1-3H3. The van der Waals surface area contributed by atoms with Crippen LogP contribution in [0, 0.1) is 0 Å². The molecule has 0 N–H and O–H groups in total. The van der Waals surface area contributed by atoms with Gasteiger partial charge in [-0.2, -0.15) is 0 Å². The second-order valence-corrected chi connectivity index (χ2v) is 5.53. The molecule has 1 aromatic rings. The van der Waals surface area contributed by atoms with E-state index in [0.29, 0.717) is 5.75 Å². The summed E-state index contributed by atoms with van der Waals surface area (Å²) < 4.78 is 41.4. The zero-order valence-corrected chi connectivity index (χ0v) is 11.7. The van der Waals surface area contributed by atoms with E-state index in [1.165, 1.54) is 19.2 Å². The number of methoxy groups -OCH3 is 1. The van der Waals surface area contributed by atoms with E-state index in [9.17, 15) is 8.96 Å². The van der Waals surface area contributed by atoms with Gasteiger partial charge in [0.05, 0.1) is 20.3 Å². The lowest BCUT2D eigenvalue weighted by Gasteiger charge is -2.20. The molecule has 0 saturated carbocycles. The first-order chi connectivity index (χ1) is 8.57. The number of rotatable bonds is 7. The fraction of sp³-hybridized carbons (Fsp3) is 0.500. The van der Waals surface area contributed by atoms with Crippen molar-refractivity contribution in [3.05, 3.63) is 29.8 Å². The molecule has 0 aliphatic rings. The molecule has 0 heterocycles. The maximum Gasteiger partial charge on any atom is 0.369 e. The summed E-state index contributed by atoms with van der Waals surface area (Å²) in [5.41, 5.74) is 0.251. The van der Waals surface area contributed by atoms with Crippen LogP contribution in [0.5, 0.6) is 5.75 Å². The summed E-state index contributed by atoms with van der Waals surface area (Å²) in [7, 11) is -2.24. The Kier molecular flexibility index (Phi) is 5.79. The minimum absolute atomic E-state index is 0.133. The lowest BCUT2D eigenvalue weighted by molar-refractivity contribution is 0.190. The molecular weight excluding hydrogens is 258 g/mol. The van der Waals surface area contributed by atoms with Crippen molar-refractivity contribution < 1.29 is 22.7 Å². The monoisotopic (exact) mass is 276 g/mol. The smallest absolute Gasteiger partial charge is 0.369 e. The van der Waals surface area contributed by atoms with Crippen LogP contribution in [0.1, 0.15) is 25.3 Å². The number of halogens is 1. The first-order valence-corrected chi connectivity index (χ1v) is 7.35. The molecule has 0 bridgehead atoms. The molecule has 0 fully saturated rings. The Morgan fingerprint density at radius 3 is 2.06 bits per heavy atom. The van der Waals surface area contributed by atoms with Gasteiger partial charge in [-0.3, -0.25) is 4.57 Å². The maximum absolute atomic E-state index is 14.2. The number of hydrogen-bond acceptors (Lipinski definition) is 4. The lowest BCUT2D eigenvalue weighted by atomic mass is 10.2. The Labute approximate surface area is 107 Å². The van der Waals surface area contributed by atoms with Crippen molar-refractivity contribution in [2.24, 2.45) is 0 Å². The molecule has 102 valence electrons. The molecule has 1 rings (SSSR count).